The summed E-state index contributed by atoms with van der Waals surface area (Å²) in [5.41, 5.74) is 0. The maximum Gasteiger partial charge on any atom is 0.322 e. The van der Waals surface area contributed by atoms with Crippen LogP contribution in [0.1, 0.15) is 26.2 Å². The van der Waals surface area contributed by atoms with Crippen LogP contribution in [0.3, 0.4) is 0 Å². The monoisotopic (exact) mass is 171 g/mol. The van der Waals surface area contributed by atoms with Gasteiger partial charge in [0.05, 0.1) is 7.11 Å². The Morgan fingerprint density at radius 1 is 1.42 bits per heavy atom. The fourth-order valence-electron chi connectivity index (χ4n) is 1.54. The van der Waals surface area contributed by atoms with E-state index >= 15 is 0 Å². The van der Waals surface area contributed by atoms with Crippen LogP contribution in [0.2, 0.25) is 0 Å². The molecule has 0 bridgehead atoms. The van der Waals surface area contributed by atoms with Crippen LogP contribution in [-0.4, -0.2) is 25.7 Å². The van der Waals surface area contributed by atoms with E-state index in [1.807, 2.05) is 0 Å². The number of hydrogen-bond donors (Lipinski definition) is 1. The van der Waals surface area contributed by atoms with Gasteiger partial charge in [0.2, 0.25) is 0 Å². The molecule has 3 heteroatoms. The summed E-state index contributed by atoms with van der Waals surface area (Å²) >= 11 is 0. The standard InChI is InChI=1S/C9H17NO2/c1-7-3-4-8(9(11)12-2)10-6-5-7/h7-8,10H,3-6H2,1-2H3. The van der Waals surface area contributed by atoms with Crippen LogP contribution in [-0.2, 0) is 9.53 Å². The maximum absolute atomic E-state index is 11.1. The van der Waals surface area contributed by atoms with E-state index in [9.17, 15) is 4.79 Å². The minimum Gasteiger partial charge on any atom is -0.468 e. The van der Waals surface area contributed by atoms with E-state index in [2.05, 4.69) is 17.0 Å². The topological polar surface area (TPSA) is 38.3 Å². The zero-order valence-electron chi connectivity index (χ0n) is 7.80. The number of esters is 1. The van der Waals surface area contributed by atoms with Crippen LogP contribution in [0.15, 0.2) is 0 Å². The fraction of sp³-hybridized carbons (Fsp3) is 0.889. The Bertz CT molecular complexity index is 159. The molecule has 0 aromatic rings. The quantitative estimate of drug-likeness (QED) is 0.597. The minimum atomic E-state index is -0.121. The number of nitrogens with one attached hydrogen (secondary N) is 1. The first-order valence-electron chi connectivity index (χ1n) is 4.55. The third-order valence-electron chi connectivity index (χ3n) is 2.46. The van der Waals surface area contributed by atoms with Crippen molar-refractivity contribution in [3.05, 3.63) is 0 Å². The van der Waals surface area contributed by atoms with Gasteiger partial charge in [-0.05, 0) is 31.7 Å². The van der Waals surface area contributed by atoms with Crippen molar-refractivity contribution in [2.45, 2.75) is 32.2 Å². The molecule has 0 spiro atoms. The second kappa shape index (κ2) is 4.45. The molecule has 0 saturated carbocycles. The molecule has 1 heterocycles. The summed E-state index contributed by atoms with van der Waals surface area (Å²) in [6.07, 6.45) is 3.19. The first-order valence-corrected chi connectivity index (χ1v) is 4.55. The van der Waals surface area contributed by atoms with E-state index in [-0.39, 0.29) is 12.0 Å². The van der Waals surface area contributed by atoms with Gasteiger partial charge >= 0.3 is 5.97 Å². The van der Waals surface area contributed by atoms with Crippen molar-refractivity contribution in [3.63, 3.8) is 0 Å². The number of hydrogen-bond acceptors (Lipinski definition) is 3. The van der Waals surface area contributed by atoms with Gasteiger partial charge in [-0.1, -0.05) is 6.92 Å². The fourth-order valence-corrected chi connectivity index (χ4v) is 1.54. The predicted molar refractivity (Wildman–Crippen MR) is 46.8 cm³/mol. The Hall–Kier alpha value is -0.570. The highest BCUT2D eigenvalue weighted by Gasteiger charge is 2.21. The van der Waals surface area contributed by atoms with E-state index in [1.165, 1.54) is 7.11 Å². The summed E-state index contributed by atoms with van der Waals surface area (Å²) in [4.78, 5) is 11.1. The molecule has 0 aromatic carbocycles. The molecule has 1 rings (SSSR count). The molecule has 0 aromatic heterocycles. The Labute approximate surface area is 73.5 Å². The number of methoxy groups -OCH3 is 1. The van der Waals surface area contributed by atoms with E-state index in [0.717, 1.165) is 31.7 Å². The van der Waals surface area contributed by atoms with Crippen molar-refractivity contribution in [3.8, 4) is 0 Å². The summed E-state index contributed by atoms with van der Waals surface area (Å²) in [6, 6.07) is -0.0695. The Balaban J connectivity index is 2.40. The van der Waals surface area contributed by atoms with Crippen LogP contribution in [0.5, 0.6) is 0 Å². The Morgan fingerprint density at radius 2 is 2.17 bits per heavy atom. The molecular formula is C9H17NO2. The van der Waals surface area contributed by atoms with Crippen LogP contribution < -0.4 is 5.32 Å². The van der Waals surface area contributed by atoms with Crippen LogP contribution in [0.4, 0.5) is 0 Å². The highest BCUT2D eigenvalue weighted by Crippen LogP contribution is 2.15. The second-order valence-electron chi connectivity index (χ2n) is 3.50. The number of rotatable bonds is 1. The molecule has 3 nitrogen and oxygen atoms in total. The van der Waals surface area contributed by atoms with Crippen molar-refractivity contribution >= 4 is 5.97 Å². The highest BCUT2D eigenvalue weighted by molar-refractivity contribution is 5.75. The molecule has 0 amide bonds. The molecular weight excluding hydrogens is 154 g/mol. The molecule has 1 fully saturated rings. The molecule has 2 unspecified atom stereocenters. The lowest BCUT2D eigenvalue weighted by Crippen LogP contribution is -2.36. The van der Waals surface area contributed by atoms with Gasteiger partial charge in [-0.3, -0.25) is 4.79 Å². The lowest BCUT2D eigenvalue weighted by molar-refractivity contribution is -0.143. The van der Waals surface area contributed by atoms with Crippen molar-refractivity contribution in [1.82, 2.24) is 5.32 Å². The normalized spacial score (nSPS) is 30.8. The maximum atomic E-state index is 11.1. The van der Waals surface area contributed by atoms with E-state index in [0.29, 0.717) is 0 Å². The highest BCUT2D eigenvalue weighted by atomic mass is 16.5. The Kier molecular flexibility index (Phi) is 3.53. The largest absolute Gasteiger partial charge is 0.468 e. The van der Waals surface area contributed by atoms with Crippen LogP contribution in [0, 0.1) is 5.92 Å². The molecule has 2 atom stereocenters. The van der Waals surface area contributed by atoms with Gasteiger partial charge in [0, 0.05) is 0 Å². The predicted octanol–water partition coefficient (Wildman–Crippen LogP) is 0.938. The smallest absolute Gasteiger partial charge is 0.322 e. The molecule has 1 saturated heterocycles. The molecule has 70 valence electrons. The summed E-state index contributed by atoms with van der Waals surface area (Å²) in [6.45, 7) is 3.16. The summed E-state index contributed by atoms with van der Waals surface area (Å²) in [5, 5.41) is 3.19. The third kappa shape index (κ3) is 2.48. The van der Waals surface area contributed by atoms with Crippen LogP contribution in [0.25, 0.3) is 0 Å². The lowest BCUT2D eigenvalue weighted by Gasteiger charge is -2.11. The average Bonchev–Trinajstić information content (AvgIpc) is 2.29. The molecule has 1 aliphatic heterocycles. The third-order valence-corrected chi connectivity index (χ3v) is 2.46. The van der Waals surface area contributed by atoms with Gasteiger partial charge in [0.1, 0.15) is 6.04 Å². The molecule has 0 aliphatic carbocycles. The molecule has 12 heavy (non-hydrogen) atoms. The summed E-state index contributed by atoms with van der Waals surface area (Å²) in [7, 11) is 1.44. The lowest BCUT2D eigenvalue weighted by atomic mass is 10.0. The summed E-state index contributed by atoms with van der Waals surface area (Å²) < 4.78 is 4.68. The Morgan fingerprint density at radius 3 is 2.83 bits per heavy atom. The molecule has 1 N–H and O–H groups in total. The minimum absolute atomic E-state index is 0.0695. The van der Waals surface area contributed by atoms with Gasteiger partial charge in [0.25, 0.3) is 0 Å². The zero-order chi connectivity index (χ0) is 8.97. The van der Waals surface area contributed by atoms with Gasteiger partial charge in [-0.2, -0.15) is 0 Å². The number of carbonyl (C=O) groups excluding carboxylic acids is 1. The van der Waals surface area contributed by atoms with E-state index < -0.39 is 0 Å². The SMILES string of the molecule is COC(=O)C1CCC(C)CCN1. The average molecular weight is 171 g/mol. The van der Waals surface area contributed by atoms with Gasteiger partial charge in [-0.25, -0.2) is 0 Å². The van der Waals surface area contributed by atoms with Gasteiger partial charge in [0.15, 0.2) is 0 Å². The molecule has 1 aliphatic rings. The molecule has 0 radical (unpaired) electrons. The first kappa shape index (κ1) is 9.52. The van der Waals surface area contributed by atoms with Gasteiger partial charge in [-0.15, -0.1) is 0 Å². The summed E-state index contributed by atoms with van der Waals surface area (Å²) in [5.74, 6) is 0.608. The second-order valence-corrected chi connectivity index (χ2v) is 3.50. The van der Waals surface area contributed by atoms with Crippen molar-refractivity contribution in [2.75, 3.05) is 13.7 Å². The zero-order valence-corrected chi connectivity index (χ0v) is 7.80. The number of ether oxygens (including phenoxy) is 1. The van der Waals surface area contributed by atoms with Crippen molar-refractivity contribution in [2.24, 2.45) is 5.92 Å². The first-order chi connectivity index (χ1) is 5.74. The van der Waals surface area contributed by atoms with Gasteiger partial charge < -0.3 is 10.1 Å². The van der Waals surface area contributed by atoms with Crippen LogP contribution >= 0.6 is 0 Å². The number of carbonyl (C=O) groups is 1. The van der Waals surface area contributed by atoms with Crippen molar-refractivity contribution in [1.29, 1.82) is 0 Å². The van der Waals surface area contributed by atoms with E-state index in [1.54, 1.807) is 0 Å². The van der Waals surface area contributed by atoms with Crippen molar-refractivity contribution < 1.29 is 9.53 Å². The van der Waals surface area contributed by atoms with E-state index in [4.69, 9.17) is 0 Å².